The fourth-order valence-electron chi connectivity index (χ4n) is 2.67. The third-order valence-electron chi connectivity index (χ3n) is 3.78. The van der Waals surface area contributed by atoms with Crippen LogP contribution in [0.15, 0.2) is 67.0 Å². The molecule has 0 saturated heterocycles. The SMILES string of the molecule is FC(F)(F)Oc1cccc(Nc2cc3[nH]c(-c4ccccn4)cc3cn2)c1. The largest absolute Gasteiger partial charge is 0.573 e. The maximum atomic E-state index is 12.4. The van der Waals surface area contributed by atoms with E-state index in [-0.39, 0.29) is 5.75 Å². The number of alkyl halides is 3. The van der Waals surface area contributed by atoms with Crippen molar-refractivity contribution in [3.8, 4) is 17.1 Å². The molecule has 0 bridgehead atoms. The van der Waals surface area contributed by atoms with Crippen LogP contribution in [0.3, 0.4) is 0 Å². The topological polar surface area (TPSA) is 62.8 Å². The highest BCUT2D eigenvalue weighted by molar-refractivity contribution is 5.86. The van der Waals surface area contributed by atoms with Gasteiger partial charge in [-0.3, -0.25) is 4.98 Å². The van der Waals surface area contributed by atoms with Crippen LogP contribution in [0.5, 0.6) is 5.75 Å². The molecule has 4 rings (SSSR count). The number of aromatic nitrogens is 3. The number of hydrogen-bond acceptors (Lipinski definition) is 4. The van der Waals surface area contributed by atoms with Crippen LogP contribution in [-0.2, 0) is 0 Å². The van der Waals surface area contributed by atoms with Crippen molar-refractivity contribution in [3.05, 3.63) is 67.0 Å². The zero-order chi connectivity index (χ0) is 18.9. The van der Waals surface area contributed by atoms with Crippen molar-refractivity contribution in [2.45, 2.75) is 6.36 Å². The summed E-state index contributed by atoms with van der Waals surface area (Å²) in [4.78, 5) is 11.9. The van der Waals surface area contributed by atoms with Crippen molar-refractivity contribution in [2.75, 3.05) is 5.32 Å². The summed E-state index contributed by atoms with van der Waals surface area (Å²) >= 11 is 0. The Morgan fingerprint density at radius 3 is 2.63 bits per heavy atom. The van der Waals surface area contributed by atoms with Gasteiger partial charge in [0.15, 0.2) is 0 Å². The van der Waals surface area contributed by atoms with Gasteiger partial charge in [-0.05, 0) is 30.3 Å². The molecular formula is C19H13F3N4O. The quantitative estimate of drug-likeness (QED) is 0.514. The lowest BCUT2D eigenvalue weighted by molar-refractivity contribution is -0.274. The number of pyridine rings is 2. The van der Waals surface area contributed by atoms with Crippen LogP contribution in [0.1, 0.15) is 0 Å². The molecule has 3 aromatic heterocycles. The number of rotatable bonds is 4. The highest BCUT2D eigenvalue weighted by Crippen LogP contribution is 2.28. The summed E-state index contributed by atoms with van der Waals surface area (Å²) in [6, 6.07) is 14.9. The van der Waals surface area contributed by atoms with Crippen molar-refractivity contribution in [1.82, 2.24) is 15.0 Å². The predicted molar refractivity (Wildman–Crippen MR) is 95.7 cm³/mol. The number of aromatic amines is 1. The zero-order valence-corrected chi connectivity index (χ0v) is 13.8. The van der Waals surface area contributed by atoms with Gasteiger partial charge in [0.05, 0.1) is 16.9 Å². The zero-order valence-electron chi connectivity index (χ0n) is 13.8. The van der Waals surface area contributed by atoms with Crippen molar-refractivity contribution < 1.29 is 17.9 Å². The number of fused-ring (bicyclic) bond motifs is 1. The van der Waals surface area contributed by atoms with E-state index in [4.69, 9.17) is 0 Å². The van der Waals surface area contributed by atoms with Gasteiger partial charge in [-0.25, -0.2) is 4.98 Å². The summed E-state index contributed by atoms with van der Waals surface area (Å²) in [6.07, 6.45) is -1.35. The van der Waals surface area contributed by atoms with Gasteiger partial charge in [-0.15, -0.1) is 13.2 Å². The molecule has 0 atom stereocenters. The molecule has 2 N–H and O–H groups in total. The molecule has 0 spiro atoms. The van der Waals surface area contributed by atoms with Crippen LogP contribution in [0.2, 0.25) is 0 Å². The van der Waals surface area contributed by atoms with Crippen LogP contribution in [0.4, 0.5) is 24.7 Å². The van der Waals surface area contributed by atoms with Gasteiger partial charge in [0.1, 0.15) is 11.6 Å². The lowest BCUT2D eigenvalue weighted by atomic mass is 10.2. The molecule has 136 valence electrons. The average molecular weight is 370 g/mol. The van der Waals surface area contributed by atoms with Crippen molar-refractivity contribution in [3.63, 3.8) is 0 Å². The number of nitrogens with zero attached hydrogens (tertiary/aromatic N) is 2. The fraction of sp³-hybridized carbons (Fsp3) is 0.0526. The van der Waals surface area contributed by atoms with Crippen molar-refractivity contribution in [1.29, 1.82) is 0 Å². The van der Waals surface area contributed by atoms with E-state index in [9.17, 15) is 13.2 Å². The summed E-state index contributed by atoms with van der Waals surface area (Å²) in [5.74, 6) is 0.187. The van der Waals surface area contributed by atoms with E-state index >= 15 is 0 Å². The summed E-state index contributed by atoms with van der Waals surface area (Å²) in [6.45, 7) is 0. The first-order chi connectivity index (χ1) is 13.0. The number of halogens is 3. The lowest BCUT2D eigenvalue weighted by Gasteiger charge is -2.11. The normalized spacial score (nSPS) is 11.5. The second-order valence-electron chi connectivity index (χ2n) is 5.76. The second-order valence-corrected chi connectivity index (χ2v) is 5.76. The fourth-order valence-corrected chi connectivity index (χ4v) is 2.67. The van der Waals surface area contributed by atoms with E-state index in [0.29, 0.717) is 11.5 Å². The van der Waals surface area contributed by atoms with Gasteiger partial charge in [0.2, 0.25) is 0 Å². The smallest absolute Gasteiger partial charge is 0.406 e. The average Bonchev–Trinajstić information content (AvgIpc) is 3.05. The van der Waals surface area contributed by atoms with Gasteiger partial charge >= 0.3 is 6.36 Å². The van der Waals surface area contributed by atoms with E-state index < -0.39 is 6.36 Å². The third kappa shape index (κ3) is 4.00. The maximum absolute atomic E-state index is 12.4. The lowest BCUT2D eigenvalue weighted by Crippen LogP contribution is -2.17. The first kappa shape index (κ1) is 16.9. The molecule has 0 aliphatic rings. The number of H-pyrrole nitrogens is 1. The van der Waals surface area contributed by atoms with Gasteiger partial charge in [-0.2, -0.15) is 0 Å². The Morgan fingerprint density at radius 1 is 0.963 bits per heavy atom. The van der Waals surface area contributed by atoms with Crippen molar-refractivity contribution in [2.24, 2.45) is 0 Å². The molecule has 5 nitrogen and oxygen atoms in total. The molecule has 0 fully saturated rings. The number of hydrogen-bond donors (Lipinski definition) is 2. The molecule has 4 aromatic rings. The number of benzene rings is 1. The summed E-state index contributed by atoms with van der Waals surface area (Å²) in [5.41, 5.74) is 2.92. The Labute approximate surface area is 151 Å². The molecule has 0 unspecified atom stereocenters. The third-order valence-corrected chi connectivity index (χ3v) is 3.78. The summed E-state index contributed by atoms with van der Waals surface area (Å²) in [5, 5.41) is 3.88. The predicted octanol–water partition coefficient (Wildman–Crippen LogP) is 5.27. The summed E-state index contributed by atoms with van der Waals surface area (Å²) in [7, 11) is 0. The Hall–Kier alpha value is -3.55. The van der Waals surface area contributed by atoms with Gasteiger partial charge < -0.3 is 15.0 Å². The molecule has 0 radical (unpaired) electrons. The molecule has 1 aromatic carbocycles. The minimum Gasteiger partial charge on any atom is -0.406 e. The minimum atomic E-state index is -4.73. The number of nitrogens with one attached hydrogen (secondary N) is 2. The Morgan fingerprint density at radius 2 is 1.85 bits per heavy atom. The van der Waals surface area contributed by atoms with Gasteiger partial charge in [-0.1, -0.05) is 12.1 Å². The van der Waals surface area contributed by atoms with Gasteiger partial charge in [0.25, 0.3) is 0 Å². The summed E-state index contributed by atoms with van der Waals surface area (Å²) < 4.78 is 41.0. The molecule has 0 aliphatic heterocycles. The Bertz CT molecular complexity index is 1080. The van der Waals surface area contributed by atoms with Crippen LogP contribution in [0.25, 0.3) is 22.3 Å². The highest BCUT2D eigenvalue weighted by Gasteiger charge is 2.31. The second kappa shape index (κ2) is 6.64. The van der Waals surface area contributed by atoms with Gasteiger partial charge in [0, 0.05) is 35.6 Å². The molecule has 3 heterocycles. The maximum Gasteiger partial charge on any atom is 0.573 e. The Kier molecular flexibility index (Phi) is 4.15. The molecule has 0 aliphatic carbocycles. The molecule has 0 saturated carbocycles. The standard InChI is InChI=1S/C19H13F3N4O/c20-19(21,22)27-14-5-3-4-13(9-14)25-18-10-16-12(11-24-18)8-17(26-16)15-6-1-2-7-23-15/h1-11,26H,(H,24,25). The van der Waals surface area contributed by atoms with E-state index in [1.807, 2.05) is 24.3 Å². The van der Waals surface area contributed by atoms with Crippen LogP contribution < -0.4 is 10.1 Å². The Balaban J connectivity index is 1.59. The number of ether oxygens (including phenoxy) is 1. The van der Waals surface area contributed by atoms with Crippen LogP contribution in [-0.4, -0.2) is 21.3 Å². The highest BCUT2D eigenvalue weighted by atomic mass is 19.4. The molecular weight excluding hydrogens is 357 g/mol. The first-order valence-electron chi connectivity index (χ1n) is 7.99. The van der Waals surface area contributed by atoms with E-state index in [2.05, 4.69) is 25.0 Å². The van der Waals surface area contributed by atoms with E-state index in [1.54, 1.807) is 24.5 Å². The molecule has 27 heavy (non-hydrogen) atoms. The monoisotopic (exact) mass is 370 g/mol. The molecule has 8 heteroatoms. The van der Waals surface area contributed by atoms with Crippen molar-refractivity contribution >= 4 is 22.4 Å². The molecule has 0 amide bonds. The van der Waals surface area contributed by atoms with E-state index in [1.165, 1.54) is 18.2 Å². The first-order valence-corrected chi connectivity index (χ1v) is 7.99. The van der Waals surface area contributed by atoms with E-state index in [0.717, 1.165) is 22.3 Å². The van der Waals surface area contributed by atoms with Crippen LogP contribution >= 0.6 is 0 Å². The number of anilines is 2. The van der Waals surface area contributed by atoms with Crippen LogP contribution in [0, 0.1) is 0 Å². The minimum absolute atomic E-state index is 0.300.